The molecule has 1 heteroatoms. The molecule has 1 saturated heterocycles. The van der Waals surface area contributed by atoms with Crippen molar-refractivity contribution in [3.63, 3.8) is 0 Å². The van der Waals surface area contributed by atoms with Crippen molar-refractivity contribution < 1.29 is 4.58 Å². The molecule has 0 bridgehead atoms. The molecule has 1 heterocycles. The van der Waals surface area contributed by atoms with E-state index in [1.165, 1.54) is 13.0 Å². The molecular formula is C7H14N+. The van der Waals surface area contributed by atoms with Crippen molar-refractivity contribution in [3.8, 4) is 0 Å². The van der Waals surface area contributed by atoms with Crippen molar-refractivity contribution in [1.82, 2.24) is 0 Å². The largest absolute Gasteiger partial charge is 0.222 e. The smallest absolute Gasteiger partial charge is 0.214 e. The van der Waals surface area contributed by atoms with Crippen molar-refractivity contribution in [3.05, 3.63) is 0 Å². The van der Waals surface area contributed by atoms with Crippen LogP contribution in [0.2, 0.25) is 0 Å². The highest BCUT2D eigenvalue weighted by atomic mass is 15.2. The van der Waals surface area contributed by atoms with Crippen LogP contribution < -0.4 is 0 Å². The topological polar surface area (TPSA) is 3.01 Å². The Morgan fingerprint density at radius 3 is 2.25 bits per heavy atom. The minimum Gasteiger partial charge on any atom is -0.222 e. The van der Waals surface area contributed by atoms with Crippen LogP contribution >= 0.6 is 0 Å². The first-order chi connectivity index (χ1) is 3.67. The Balaban J connectivity index is 2.47. The Hall–Kier alpha value is -0.330. The van der Waals surface area contributed by atoms with E-state index in [4.69, 9.17) is 0 Å². The summed E-state index contributed by atoms with van der Waals surface area (Å²) >= 11 is 0. The van der Waals surface area contributed by atoms with E-state index in [0.29, 0.717) is 5.54 Å². The molecule has 0 N–H and O–H groups in total. The van der Waals surface area contributed by atoms with Gasteiger partial charge in [0.1, 0.15) is 6.21 Å². The molecule has 46 valence electrons. The van der Waals surface area contributed by atoms with E-state index in [9.17, 15) is 0 Å². The predicted octanol–water partition coefficient (Wildman–Crippen LogP) is 1.27. The van der Waals surface area contributed by atoms with Gasteiger partial charge in [-0.05, 0) is 0 Å². The predicted molar refractivity (Wildman–Crippen MR) is 35.6 cm³/mol. The zero-order valence-corrected chi connectivity index (χ0v) is 5.94. The Bertz CT molecular complexity index is 122. The SMILES string of the molecule is CCC=[N+]1CC1(C)C. The van der Waals surface area contributed by atoms with Crippen LogP contribution in [0.3, 0.4) is 0 Å². The van der Waals surface area contributed by atoms with Crippen molar-refractivity contribution in [1.29, 1.82) is 0 Å². The Morgan fingerprint density at radius 1 is 1.62 bits per heavy atom. The zero-order chi connectivity index (χ0) is 6.20. The van der Waals surface area contributed by atoms with E-state index in [1.807, 2.05) is 0 Å². The zero-order valence-electron chi connectivity index (χ0n) is 5.94. The molecule has 8 heavy (non-hydrogen) atoms. The molecule has 1 aliphatic rings. The second-order valence-corrected chi connectivity index (χ2v) is 3.03. The van der Waals surface area contributed by atoms with Gasteiger partial charge in [-0.3, -0.25) is 0 Å². The van der Waals surface area contributed by atoms with Crippen LogP contribution in [0.15, 0.2) is 0 Å². The maximum atomic E-state index is 2.37. The second kappa shape index (κ2) is 1.57. The number of rotatable bonds is 1. The molecule has 1 rings (SSSR count). The summed E-state index contributed by atoms with van der Waals surface area (Å²) in [5, 5.41) is 0. The minimum atomic E-state index is 0.496. The first-order valence-corrected chi connectivity index (χ1v) is 3.27. The van der Waals surface area contributed by atoms with E-state index >= 15 is 0 Å². The van der Waals surface area contributed by atoms with E-state index in [2.05, 4.69) is 31.6 Å². The summed E-state index contributed by atoms with van der Waals surface area (Å²) in [7, 11) is 0. The highest BCUT2D eigenvalue weighted by Gasteiger charge is 2.49. The molecule has 1 aliphatic heterocycles. The Kier molecular flexibility index (Phi) is 1.14. The van der Waals surface area contributed by atoms with E-state index in [-0.39, 0.29) is 0 Å². The summed E-state index contributed by atoms with van der Waals surface area (Å²) in [5.41, 5.74) is 0.496. The fourth-order valence-electron chi connectivity index (χ4n) is 0.914. The van der Waals surface area contributed by atoms with Crippen molar-refractivity contribution in [2.24, 2.45) is 0 Å². The van der Waals surface area contributed by atoms with Gasteiger partial charge in [0.05, 0.1) is 0 Å². The van der Waals surface area contributed by atoms with Gasteiger partial charge in [-0.1, -0.05) is 6.92 Å². The van der Waals surface area contributed by atoms with Gasteiger partial charge in [-0.25, -0.2) is 4.58 Å². The summed E-state index contributed by atoms with van der Waals surface area (Å²) in [6.45, 7) is 7.95. The minimum absolute atomic E-state index is 0.496. The molecule has 0 spiro atoms. The molecule has 0 atom stereocenters. The third-order valence-electron chi connectivity index (χ3n) is 1.63. The number of nitrogens with zero attached hydrogens (tertiary/aromatic N) is 1. The second-order valence-electron chi connectivity index (χ2n) is 3.03. The molecule has 1 nitrogen and oxygen atoms in total. The summed E-state index contributed by atoms with van der Waals surface area (Å²) in [5.74, 6) is 0. The summed E-state index contributed by atoms with van der Waals surface area (Å²) in [6.07, 6.45) is 3.43. The molecule has 0 aromatic rings. The van der Waals surface area contributed by atoms with Crippen molar-refractivity contribution in [2.75, 3.05) is 6.54 Å². The maximum Gasteiger partial charge on any atom is 0.214 e. The number of hydrogen-bond donors (Lipinski definition) is 0. The fraction of sp³-hybridized carbons (Fsp3) is 0.857. The molecule has 0 aromatic carbocycles. The van der Waals surface area contributed by atoms with Crippen molar-refractivity contribution in [2.45, 2.75) is 32.7 Å². The van der Waals surface area contributed by atoms with Crippen LogP contribution in [0.4, 0.5) is 0 Å². The molecule has 0 aliphatic carbocycles. The summed E-state index contributed by atoms with van der Waals surface area (Å²) < 4.78 is 2.37. The molecule has 0 aromatic heterocycles. The van der Waals surface area contributed by atoms with Gasteiger partial charge in [0.15, 0.2) is 0 Å². The Morgan fingerprint density at radius 2 is 2.12 bits per heavy atom. The van der Waals surface area contributed by atoms with Crippen LogP contribution in [0.5, 0.6) is 0 Å². The lowest BCUT2D eigenvalue weighted by Gasteiger charge is -1.79. The van der Waals surface area contributed by atoms with Gasteiger partial charge in [0.25, 0.3) is 0 Å². The molecule has 1 fully saturated rings. The van der Waals surface area contributed by atoms with Crippen LogP contribution in [0.25, 0.3) is 0 Å². The summed E-state index contributed by atoms with van der Waals surface area (Å²) in [6, 6.07) is 0. The fourth-order valence-corrected chi connectivity index (χ4v) is 0.914. The maximum absolute atomic E-state index is 2.37. The molecule has 0 unspecified atom stereocenters. The van der Waals surface area contributed by atoms with Crippen LogP contribution in [0.1, 0.15) is 27.2 Å². The average Bonchev–Trinajstić information content (AvgIpc) is 2.15. The molecule has 0 radical (unpaired) electrons. The third kappa shape index (κ3) is 0.908. The van der Waals surface area contributed by atoms with Gasteiger partial charge in [-0.15, -0.1) is 0 Å². The summed E-state index contributed by atoms with van der Waals surface area (Å²) in [4.78, 5) is 0. The molecule has 0 saturated carbocycles. The molecular weight excluding hydrogens is 98.1 g/mol. The average molecular weight is 112 g/mol. The van der Waals surface area contributed by atoms with Crippen LogP contribution in [-0.4, -0.2) is 22.9 Å². The van der Waals surface area contributed by atoms with E-state index < -0.39 is 0 Å². The van der Waals surface area contributed by atoms with Gasteiger partial charge in [-0.2, -0.15) is 0 Å². The first-order valence-electron chi connectivity index (χ1n) is 3.27. The van der Waals surface area contributed by atoms with Crippen molar-refractivity contribution >= 4 is 6.21 Å². The van der Waals surface area contributed by atoms with Gasteiger partial charge in [0.2, 0.25) is 12.1 Å². The highest BCUT2D eigenvalue weighted by Crippen LogP contribution is 2.23. The van der Waals surface area contributed by atoms with Gasteiger partial charge < -0.3 is 0 Å². The van der Waals surface area contributed by atoms with Gasteiger partial charge >= 0.3 is 0 Å². The van der Waals surface area contributed by atoms with E-state index in [0.717, 1.165) is 0 Å². The standard InChI is InChI=1S/C7H14N/c1-4-5-8-6-7(8,2)3/h5H,4,6H2,1-3H3/q+1. The molecule has 0 amide bonds. The lowest BCUT2D eigenvalue weighted by Crippen LogP contribution is -2.00. The third-order valence-corrected chi connectivity index (χ3v) is 1.63. The lowest BCUT2D eigenvalue weighted by molar-refractivity contribution is -0.379. The Labute approximate surface area is 51.0 Å². The quantitative estimate of drug-likeness (QED) is 0.355. The lowest BCUT2D eigenvalue weighted by atomic mass is 10.2. The monoisotopic (exact) mass is 112 g/mol. The highest BCUT2D eigenvalue weighted by molar-refractivity contribution is 5.51. The number of hydrogen-bond acceptors (Lipinski definition) is 0. The van der Waals surface area contributed by atoms with Crippen LogP contribution in [0, 0.1) is 0 Å². The first kappa shape index (κ1) is 5.80. The van der Waals surface area contributed by atoms with Gasteiger partial charge in [0, 0.05) is 20.3 Å². The van der Waals surface area contributed by atoms with E-state index in [1.54, 1.807) is 0 Å². The van der Waals surface area contributed by atoms with Crippen LogP contribution in [-0.2, 0) is 0 Å². The normalized spacial score (nSPS) is 28.6.